The molecule has 1 saturated carbocycles. The summed E-state index contributed by atoms with van der Waals surface area (Å²) in [6.45, 7) is 3.60. The summed E-state index contributed by atoms with van der Waals surface area (Å²) in [5.74, 6) is -7.52. The van der Waals surface area contributed by atoms with Crippen molar-refractivity contribution in [2.75, 3.05) is 45.0 Å². The van der Waals surface area contributed by atoms with Gasteiger partial charge in [-0.25, -0.2) is 4.79 Å². The number of carbonyl (C=O) groups is 4. The first-order chi connectivity index (χ1) is 19.2. The zero-order valence-corrected chi connectivity index (χ0v) is 23.2. The number of Topliss-reactive ketones (excluding diaryl/α,β-unsaturated/α-hetero) is 2. The van der Waals surface area contributed by atoms with E-state index in [-0.39, 0.29) is 36.3 Å². The molecule has 3 aliphatic carbocycles. The Balaban J connectivity index is 1.90. The maximum absolute atomic E-state index is 14.0. The highest BCUT2D eigenvalue weighted by atomic mass is 16.5. The number of aliphatic hydroxyl groups excluding tert-OH is 2. The summed E-state index contributed by atoms with van der Waals surface area (Å²) in [5.41, 5.74) is 2.17. The van der Waals surface area contributed by atoms with Gasteiger partial charge in [0.15, 0.2) is 17.1 Å². The predicted octanol–water partition coefficient (Wildman–Crippen LogP) is 1.15. The van der Waals surface area contributed by atoms with Crippen molar-refractivity contribution in [1.82, 2.24) is 4.90 Å². The van der Waals surface area contributed by atoms with E-state index in [1.54, 1.807) is 25.1 Å². The van der Waals surface area contributed by atoms with Crippen LogP contribution in [0.25, 0.3) is 5.76 Å². The van der Waals surface area contributed by atoms with E-state index < -0.39 is 69.9 Å². The Morgan fingerprint density at radius 3 is 2.44 bits per heavy atom. The molecule has 1 unspecified atom stereocenters. The standard InChI is InChI=1S/C28H34N4O9/c1-6-7-8-41-27(39)30-15-11-16(31(2)3)13-9-12-10-14-20(32(4)5)23(35)19(26(29)38)25(37)28(14,40)24(36)17(12)22(34)18(13)21(15)33/h6,11-12,14,20,33-34,37,40H,1,7-10H2,2-5H3,(H2,29,38)(H,30,39)/t12-,14?,20-,28-/m0/s1. The van der Waals surface area contributed by atoms with Gasteiger partial charge in [-0.3, -0.25) is 24.6 Å². The molecular formula is C28H34N4O9. The van der Waals surface area contributed by atoms with Gasteiger partial charge in [-0.05, 0) is 50.9 Å². The topological polar surface area (TPSA) is 203 Å². The third-order valence-corrected chi connectivity index (χ3v) is 7.97. The molecular weight excluding hydrogens is 536 g/mol. The molecule has 0 aliphatic heterocycles. The smallest absolute Gasteiger partial charge is 0.411 e. The van der Waals surface area contributed by atoms with E-state index in [9.17, 15) is 39.6 Å². The largest absolute Gasteiger partial charge is 0.508 e. The third kappa shape index (κ3) is 4.50. The molecule has 2 amide bonds. The Morgan fingerprint density at radius 2 is 1.88 bits per heavy atom. The van der Waals surface area contributed by atoms with Gasteiger partial charge in [-0.15, -0.1) is 6.58 Å². The van der Waals surface area contributed by atoms with E-state index in [4.69, 9.17) is 10.5 Å². The number of benzene rings is 1. The molecule has 0 saturated heterocycles. The zero-order chi connectivity index (χ0) is 30.5. The summed E-state index contributed by atoms with van der Waals surface area (Å²) in [5, 5.41) is 47.8. The SMILES string of the molecule is C=CCCOC(=O)Nc1cc(N(C)C)c2c(c1O)C(O)=C1C(=O)[C@]3(O)C(O)=C(C(N)=O)C(=O)[C@@H](N(C)C)C3C[C@@H]1C2. The molecule has 3 aliphatic rings. The summed E-state index contributed by atoms with van der Waals surface area (Å²) in [7, 11) is 6.51. The van der Waals surface area contributed by atoms with Gasteiger partial charge in [0.25, 0.3) is 5.91 Å². The lowest BCUT2D eigenvalue weighted by Crippen LogP contribution is -2.65. The number of amides is 2. The van der Waals surface area contributed by atoms with Gasteiger partial charge in [0.05, 0.1) is 23.9 Å². The number of likely N-dealkylation sites (N-methyl/N-ethyl adjacent to an activating group) is 1. The van der Waals surface area contributed by atoms with Crippen molar-refractivity contribution >= 4 is 40.7 Å². The van der Waals surface area contributed by atoms with E-state index >= 15 is 0 Å². The molecule has 1 aromatic carbocycles. The highest BCUT2D eigenvalue weighted by Gasteiger charge is 2.64. The van der Waals surface area contributed by atoms with Crippen molar-refractivity contribution in [3.63, 3.8) is 0 Å². The Labute approximate surface area is 236 Å². The number of phenolic OH excluding ortho intramolecular Hbond substituents is 1. The zero-order valence-electron chi connectivity index (χ0n) is 23.2. The van der Waals surface area contributed by atoms with Crippen molar-refractivity contribution < 1.29 is 44.3 Å². The van der Waals surface area contributed by atoms with Gasteiger partial charge in [-0.2, -0.15) is 0 Å². The highest BCUT2D eigenvalue weighted by molar-refractivity contribution is 6.24. The minimum atomic E-state index is -2.74. The summed E-state index contributed by atoms with van der Waals surface area (Å²) >= 11 is 0. The van der Waals surface area contributed by atoms with Crippen molar-refractivity contribution in [1.29, 1.82) is 0 Å². The molecule has 4 atom stereocenters. The van der Waals surface area contributed by atoms with Crippen LogP contribution in [-0.4, -0.2) is 95.3 Å². The average Bonchev–Trinajstić information content (AvgIpc) is 2.87. The molecule has 0 aromatic heterocycles. The van der Waals surface area contributed by atoms with Crippen LogP contribution in [0.15, 0.2) is 35.6 Å². The molecule has 0 heterocycles. The molecule has 1 aromatic rings. The predicted molar refractivity (Wildman–Crippen MR) is 148 cm³/mol. The Morgan fingerprint density at radius 1 is 1.22 bits per heavy atom. The van der Waals surface area contributed by atoms with Gasteiger partial charge in [-0.1, -0.05) is 6.08 Å². The second-order valence-corrected chi connectivity index (χ2v) is 10.8. The third-order valence-electron chi connectivity index (χ3n) is 7.97. The fourth-order valence-corrected chi connectivity index (χ4v) is 6.17. The highest BCUT2D eigenvalue weighted by Crippen LogP contribution is 2.54. The Bertz CT molecular complexity index is 1430. The number of hydrogen-bond donors (Lipinski definition) is 6. The van der Waals surface area contributed by atoms with Crippen LogP contribution in [-0.2, 0) is 25.5 Å². The molecule has 13 heteroatoms. The first-order valence-electron chi connectivity index (χ1n) is 12.9. The van der Waals surface area contributed by atoms with Gasteiger partial charge in [0, 0.05) is 31.3 Å². The molecule has 0 spiro atoms. The summed E-state index contributed by atoms with van der Waals surface area (Å²) in [4.78, 5) is 54.8. The molecule has 1 fully saturated rings. The molecule has 0 bridgehead atoms. The monoisotopic (exact) mass is 570 g/mol. The van der Waals surface area contributed by atoms with E-state index in [1.165, 1.54) is 25.1 Å². The lowest BCUT2D eigenvalue weighted by Gasteiger charge is -2.50. The number of rotatable bonds is 7. The number of nitrogens with one attached hydrogen (secondary N) is 1. The number of ketones is 2. The maximum Gasteiger partial charge on any atom is 0.411 e. The Kier molecular flexibility index (Phi) is 7.63. The number of anilines is 2. The maximum atomic E-state index is 14.0. The minimum Gasteiger partial charge on any atom is -0.508 e. The molecule has 0 radical (unpaired) electrons. The van der Waals surface area contributed by atoms with Crippen LogP contribution in [0.4, 0.5) is 16.2 Å². The van der Waals surface area contributed by atoms with E-state index in [1.807, 2.05) is 0 Å². The lowest BCUT2D eigenvalue weighted by atomic mass is 9.57. The fraction of sp³-hybridized carbons (Fsp3) is 0.429. The number of aromatic hydroxyl groups is 1. The molecule has 13 nitrogen and oxygen atoms in total. The van der Waals surface area contributed by atoms with Crippen LogP contribution in [0, 0.1) is 11.8 Å². The second kappa shape index (κ2) is 10.6. The molecule has 4 rings (SSSR count). The molecule has 41 heavy (non-hydrogen) atoms. The Hall–Kier alpha value is -4.36. The van der Waals surface area contributed by atoms with Gasteiger partial charge in [0.2, 0.25) is 5.78 Å². The van der Waals surface area contributed by atoms with Crippen LogP contribution < -0.4 is 16.0 Å². The number of ether oxygens (including phenoxy) is 1. The summed E-state index contributed by atoms with van der Waals surface area (Å²) < 4.78 is 5.06. The number of nitrogens with zero attached hydrogens (tertiary/aromatic N) is 2. The van der Waals surface area contributed by atoms with Crippen LogP contribution in [0.5, 0.6) is 5.75 Å². The van der Waals surface area contributed by atoms with Crippen molar-refractivity contribution in [2.45, 2.75) is 30.9 Å². The van der Waals surface area contributed by atoms with Crippen molar-refractivity contribution in [3.8, 4) is 5.75 Å². The van der Waals surface area contributed by atoms with Crippen LogP contribution in [0.3, 0.4) is 0 Å². The van der Waals surface area contributed by atoms with Gasteiger partial charge in [0.1, 0.15) is 17.1 Å². The van der Waals surface area contributed by atoms with Crippen LogP contribution in [0.1, 0.15) is 24.0 Å². The first-order valence-corrected chi connectivity index (χ1v) is 12.9. The molecule has 7 N–H and O–H groups in total. The summed E-state index contributed by atoms with van der Waals surface area (Å²) in [6.07, 6.45) is 1.19. The molecule has 220 valence electrons. The number of primary amides is 1. The number of nitrogens with two attached hydrogens (primary N) is 1. The van der Waals surface area contributed by atoms with Crippen molar-refractivity contribution in [3.05, 3.63) is 46.8 Å². The normalized spacial score (nSPS) is 25.4. The van der Waals surface area contributed by atoms with Crippen LogP contribution in [0.2, 0.25) is 0 Å². The van der Waals surface area contributed by atoms with Gasteiger partial charge < -0.3 is 35.8 Å². The quantitative estimate of drug-likeness (QED) is 0.119. The number of fused-ring (bicyclic) bond motifs is 3. The number of carbonyl (C=O) groups excluding carboxylic acids is 4. The number of phenols is 1. The number of aliphatic hydroxyl groups is 3. The average molecular weight is 571 g/mol. The number of hydrogen-bond acceptors (Lipinski definition) is 11. The first kappa shape index (κ1) is 29.6. The van der Waals surface area contributed by atoms with Crippen molar-refractivity contribution in [2.24, 2.45) is 17.6 Å². The minimum absolute atomic E-state index is 0.0327. The van der Waals surface area contributed by atoms with Crippen LogP contribution >= 0.6 is 0 Å². The second-order valence-electron chi connectivity index (χ2n) is 10.8. The fourth-order valence-electron chi connectivity index (χ4n) is 6.17. The van der Waals surface area contributed by atoms with E-state index in [2.05, 4.69) is 11.9 Å². The lowest BCUT2D eigenvalue weighted by molar-refractivity contribution is -0.153. The van der Waals surface area contributed by atoms with Gasteiger partial charge >= 0.3 is 6.09 Å². The summed E-state index contributed by atoms with van der Waals surface area (Å²) in [6, 6.07) is 0.329. The van der Waals surface area contributed by atoms with E-state index in [0.717, 1.165) is 0 Å². The van der Waals surface area contributed by atoms with E-state index in [0.29, 0.717) is 17.7 Å².